The van der Waals surface area contributed by atoms with E-state index in [9.17, 15) is 0 Å². The van der Waals surface area contributed by atoms with Crippen LogP contribution in [-0.2, 0) is 4.74 Å². The van der Waals surface area contributed by atoms with Crippen LogP contribution in [-0.4, -0.2) is 6.61 Å². The van der Waals surface area contributed by atoms with E-state index in [1.807, 2.05) is 18.2 Å². The molecule has 1 aromatic heterocycles. The molecule has 0 radical (unpaired) electrons. The minimum atomic E-state index is 0.183. The van der Waals surface area contributed by atoms with Crippen molar-refractivity contribution in [2.24, 2.45) is 0 Å². The number of para-hydroxylation sites is 1. The van der Waals surface area contributed by atoms with Crippen molar-refractivity contribution in [1.29, 1.82) is 0 Å². The molecule has 2 nitrogen and oxygen atoms in total. The standard InChI is InChI=1S/C12H12O2/c1-2-5-10-9(4-1)8-12(14-10)11-6-3-7-13-11/h1-2,4-5,8,11H,3,6-7H2/t11-/m0/s1. The van der Waals surface area contributed by atoms with Gasteiger partial charge in [0.05, 0.1) is 0 Å². The summed E-state index contributed by atoms with van der Waals surface area (Å²) in [6.45, 7) is 0.863. The van der Waals surface area contributed by atoms with Crippen molar-refractivity contribution >= 4 is 11.0 Å². The van der Waals surface area contributed by atoms with Gasteiger partial charge in [0, 0.05) is 12.0 Å². The van der Waals surface area contributed by atoms with Gasteiger partial charge in [0.15, 0.2) is 0 Å². The molecule has 2 heterocycles. The van der Waals surface area contributed by atoms with Gasteiger partial charge in [0.1, 0.15) is 17.4 Å². The number of fused-ring (bicyclic) bond motifs is 1. The average Bonchev–Trinajstić information content (AvgIpc) is 2.86. The van der Waals surface area contributed by atoms with Crippen molar-refractivity contribution in [2.75, 3.05) is 6.61 Å². The molecule has 2 aromatic rings. The predicted molar refractivity (Wildman–Crippen MR) is 54.1 cm³/mol. The van der Waals surface area contributed by atoms with Crippen LogP contribution in [0.2, 0.25) is 0 Å². The maximum Gasteiger partial charge on any atom is 0.134 e. The number of benzene rings is 1. The fourth-order valence-corrected chi connectivity index (χ4v) is 1.96. The molecule has 1 aromatic carbocycles. The van der Waals surface area contributed by atoms with Gasteiger partial charge in [-0.2, -0.15) is 0 Å². The summed E-state index contributed by atoms with van der Waals surface area (Å²) in [7, 11) is 0. The van der Waals surface area contributed by atoms with Crippen LogP contribution in [0.5, 0.6) is 0 Å². The van der Waals surface area contributed by atoms with E-state index >= 15 is 0 Å². The molecule has 0 bridgehead atoms. The van der Waals surface area contributed by atoms with Gasteiger partial charge in [-0.05, 0) is 25.0 Å². The third-order valence-electron chi connectivity index (χ3n) is 2.69. The monoisotopic (exact) mass is 188 g/mol. The molecule has 0 spiro atoms. The summed E-state index contributed by atoms with van der Waals surface area (Å²) in [6, 6.07) is 10.2. The van der Waals surface area contributed by atoms with Gasteiger partial charge in [-0.25, -0.2) is 0 Å². The van der Waals surface area contributed by atoms with Crippen molar-refractivity contribution in [3.05, 3.63) is 36.1 Å². The third kappa shape index (κ3) is 1.23. The summed E-state index contributed by atoms with van der Waals surface area (Å²) in [5.74, 6) is 0.976. The molecule has 1 fully saturated rings. The lowest BCUT2D eigenvalue weighted by molar-refractivity contribution is 0.0950. The number of hydrogen-bond donors (Lipinski definition) is 0. The van der Waals surface area contributed by atoms with Crippen LogP contribution in [0.1, 0.15) is 24.7 Å². The van der Waals surface area contributed by atoms with Crippen molar-refractivity contribution in [1.82, 2.24) is 0 Å². The summed E-state index contributed by atoms with van der Waals surface area (Å²) >= 11 is 0. The van der Waals surface area contributed by atoms with Gasteiger partial charge < -0.3 is 9.15 Å². The molecule has 1 aliphatic heterocycles. The van der Waals surface area contributed by atoms with E-state index in [1.54, 1.807) is 0 Å². The molecule has 0 amide bonds. The minimum Gasteiger partial charge on any atom is -0.458 e. The summed E-state index contributed by atoms with van der Waals surface area (Å²) in [4.78, 5) is 0. The molecule has 0 aliphatic carbocycles. The Morgan fingerprint density at radius 1 is 1.21 bits per heavy atom. The molecule has 0 N–H and O–H groups in total. The van der Waals surface area contributed by atoms with E-state index < -0.39 is 0 Å². The van der Waals surface area contributed by atoms with Crippen LogP contribution in [0.15, 0.2) is 34.7 Å². The van der Waals surface area contributed by atoms with E-state index in [2.05, 4.69) is 12.1 Å². The highest BCUT2D eigenvalue weighted by Crippen LogP contribution is 2.32. The van der Waals surface area contributed by atoms with E-state index in [0.29, 0.717) is 0 Å². The van der Waals surface area contributed by atoms with E-state index in [1.165, 1.54) is 0 Å². The lowest BCUT2D eigenvalue weighted by atomic mass is 10.2. The lowest BCUT2D eigenvalue weighted by Gasteiger charge is -2.03. The SMILES string of the molecule is c1ccc2oc([C@@H]3CCCO3)cc2c1. The first-order valence-corrected chi connectivity index (χ1v) is 5.03. The first-order valence-electron chi connectivity index (χ1n) is 5.03. The number of rotatable bonds is 1. The molecule has 1 saturated heterocycles. The molecule has 3 rings (SSSR count). The topological polar surface area (TPSA) is 22.4 Å². The number of furan rings is 1. The Hall–Kier alpha value is -1.28. The minimum absolute atomic E-state index is 0.183. The van der Waals surface area contributed by atoms with Gasteiger partial charge in [-0.3, -0.25) is 0 Å². The van der Waals surface area contributed by atoms with Crippen LogP contribution >= 0.6 is 0 Å². The molecule has 0 unspecified atom stereocenters. The fourth-order valence-electron chi connectivity index (χ4n) is 1.96. The van der Waals surface area contributed by atoms with Crippen LogP contribution in [0.25, 0.3) is 11.0 Å². The molecule has 72 valence electrons. The molecule has 1 atom stereocenters. The summed E-state index contributed by atoms with van der Waals surface area (Å²) < 4.78 is 11.3. The quantitative estimate of drug-likeness (QED) is 0.685. The normalized spacial score (nSPS) is 21.9. The van der Waals surface area contributed by atoms with E-state index in [4.69, 9.17) is 9.15 Å². The highest BCUT2D eigenvalue weighted by molar-refractivity contribution is 5.77. The third-order valence-corrected chi connectivity index (χ3v) is 2.69. The summed E-state index contributed by atoms with van der Waals surface area (Å²) in [6.07, 6.45) is 2.41. The van der Waals surface area contributed by atoms with Gasteiger partial charge in [-0.1, -0.05) is 18.2 Å². The number of ether oxygens (including phenoxy) is 1. The number of hydrogen-bond acceptors (Lipinski definition) is 2. The Balaban J connectivity index is 2.05. The molecular formula is C12H12O2. The Kier molecular flexibility index (Phi) is 1.81. The second kappa shape index (κ2) is 3.14. The maximum atomic E-state index is 5.73. The first kappa shape index (κ1) is 8.06. The Bertz CT molecular complexity index is 405. The van der Waals surface area contributed by atoms with E-state index in [-0.39, 0.29) is 6.10 Å². The van der Waals surface area contributed by atoms with Crippen LogP contribution in [0, 0.1) is 0 Å². The predicted octanol–water partition coefficient (Wildman–Crippen LogP) is 3.28. The van der Waals surface area contributed by atoms with E-state index in [0.717, 1.165) is 36.2 Å². The smallest absolute Gasteiger partial charge is 0.134 e. The highest BCUT2D eigenvalue weighted by atomic mass is 16.5. The fraction of sp³-hybridized carbons (Fsp3) is 0.333. The maximum absolute atomic E-state index is 5.73. The Morgan fingerprint density at radius 3 is 2.93 bits per heavy atom. The van der Waals surface area contributed by atoms with Crippen molar-refractivity contribution < 1.29 is 9.15 Å². The van der Waals surface area contributed by atoms with Crippen LogP contribution in [0.4, 0.5) is 0 Å². The molecule has 1 aliphatic rings. The van der Waals surface area contributed by atoms with Crippen molar-refractivity contribution in [3.63, 3.8) is 0 Å². The van der Waals surface area contributed by atoms with Gasteiger partial charge in [-0.15, -0.1) is 0 Å². The molecular weight excluding hydrogens is 176 g/mol. The van der Waals surface area contributed by atoms with Crippen LogP contribution < -0.4 is 0 Å². The molecule has 14 heavy (non-hydrogen) atoms. The van der Waals surface area contributed by atoms with Crippen molar-refractivity contribution in [2.45, 2.75) is 18.9 Å². The zero-order valence-corrected chi connectivity index (χ0v) is 7.90. The average molecular weight is 188 g/mol. The zero-order valence-electron chi connectivity index (χ0n) is 7.90. The van der Waals surface area contributed by atoms with Gasteiger partial charge >= 0.3 is 0 Å². The zero-order chi connectivity index (χ0) is 9.38. The molecule has 2 heteroatoms. The second-order valence-electron chi connectivity index (χ2n) is 3.69. The Labute approximate surface area is 82.5 Å². The van der Waals surface area contributed by atoms with Crippen LogP contribution in [0.3, 0.4) is 0 Å². The Morgan fingerprint density at radius 2 is 2.14 bits per heavy atom. The summed E-state index contributed by atoms with van der Waals surface area (Å²) in [5.41, 5.74) is 0.956. The van der Waals surface area contributed by atoms with Gasteiger partial charge in [0.25, 0.3) is 0 Å². The highest BCUT2D eigenvalue weighted by Gasteiger charge is 2.21. The second-order valence-corrected chi connectivity index (χ2v) is 3.69. The lowest BCUT2D eigenvalue weighted by Crippen LogP contribution is -1.91. The largest absolute Gasteiger partial charge is 0.458 e. The first-order chi connectivity index (χ1) is 6.93. The van der Waals surface area contributed by atoms with Crippen molar-refractivity contribution in [3.8, 4) is 0 Å². The molecule has 0 saturated carbocycles. The summed E-state index contributed by atoms with van der Waals surface area (Å²) in [5, 5.41) is 1.16. The van der Waals surface area contributed by atoms with Gasteiger partial charge in [0.2, 0.25) is 0 Å².